The maximum Gasteiger partial charge on any atom is 0.434 e. The van der Waals surface area contributed by atoms with Crippen molar-refractivity contribution in [1.29, 1.82) is 0 Å². The van der Waals surface area contributed by atoms with Crippen LogP contribution in [-0.4, -0.2) is 11.5 Å². The lowest BCUT2D eigenvalue weighted by Crippen LogP contribution is -2.53. The first-order valence-corrected chi connectivity index (χ1v) is 18.3. The van der Waals surface area contributed by atoms with E-state index in [1.54, 1.807) is 0 Å². The van der Waals surface area contributed by atoms with Gasteiger partial charge in [0.2, 0.25) is 0 Å². The number of hydrogen-bond acceptors (Lipinski definition) is 4. The highest BCUT2D eigenvalue weighted by atomic mass is 16.5. The zero-order valence-electron chi connectivity index (χ0n) is 28.7. The Morgan fingerprint density at radius 3 is 2.04 bits per heavy atom. The molecule has 0 atom stereocenters. The molecule has 2 aliphatic heterocycles. The van der Waals surface area contributed by atoms with Crippen LogP contribution < -0.4 is 20.3 Å². The topological polar surface area (TPSA) is 49.7 Å². The summed E-state index contributed by atoms with van der Waals surface area (Å²) in [6.45, 7) is -0.358. The molecule has 0 fully saturated rings. The van der Waals surface area contributed by atoms with Crippen molar-refractivity contribution in [2.45, 2.75) is 0 Å². The Morgan fingerprint density at radius 2 is 1.17 bits per heavy atom. The minimum atomic E-state index is -0.358. The van der Waals surface area contributed by atoms with E-state index in [-0.39, 0.29) is 6.92 Å². The molecule has 6 heteroatoms. The summed E-state index contributed by atoms with van der Waals surface area (Å²) in [5, 5.41) is 6.63. The third kappa shape index (κ3) is 3.69. The predicted molar refractivity (Wildman–Crippen MR) is 218 cm³/mol. The van der Waals surface area contributed by atoms with Crippen LogP contribution >= 0.6 is 0 Å². The van der Waals surface area contributed by atoms with Crippen molar-refractivity contribution in [2.24, 2.45) is 0 Å². The molecule has 0 aliphatic carbocycles. The smallest absolute Gasteiger partial charge is 0.434 e. The Morgan fingerprint density at radius 1 is 0.444 bits per heavy atom. The number of rotatable bonds is 2. The van der Waals surface area contributed by atoms with Gasteiger partial charge in [-0.3, -0.25) is 0 Å². The Balaban J connectivity index is 1.03. The van der Waals surface area contributed by atoms with Gasteiger partial charge in [-0.05, 0) is 71.3 Å². The van der Waals surface area contributed by atoms with E-state index in [4.69, 9.17) is 18.2 Å². The number of nitrogens with zero attached hydrogens (tertiary/aromatic N) is 1. The van der Waals surface area contributed by atoms with E-state index in [1.807, 2.05) is 24.3 Å². The first-order chi connectivity index (χ1) is 26.8. The van der Waals surface area contributed by atoms with E-state index in [1.165, 1.54) is 10.8 Å². The normalized spacial score (nSPS) is 13.1. The Hall–Kier alpha value is -7.18. The molecule has 0 spiro atoms. The summed E-state index contributed by atoms with van der Waals surface area (Å²) in [7, 11) is 0. The number of fused-ring (bicyclic) bond motifs is 14. The summed E-state index contributed by atoms with van der Waals surface area (Å²) < 4.78 is 29.2. The van der Waals surface area contributed by atoms with Crippen LogP contribution in [0.2, 0.25) is 0 Å². The third-order valence-corrected chi connectivity index (χ3v) is 11.5. The summed E-state index contributed by atoms with van der Waals surface area (Å²) in [6.07, 6.45) is 0. The maximum atomic E-state index is 6.94. The molecule has 2 aliphatic rings. The van der Waals surface area contributed by atoms with Crippen molar-refractivity contribution < 1.29 is 18.2 Å². The van der Waals surface area contributed by atoms with Gasteiger partial charge < -0.3 is 22.8 Å². The summed E-state index contributed by atoms with van der Waals surface area (Å²) in [4.78, 5) is 0. The van der Waals surface area contributed by atoms with E-state index < -0.39 is 0 Å². The molecule has 5 heterocycles. The average Bonchev–Trinajstić information content (AvgIpc) is 3.90. The molecular weight excluding hydrogens is 665 g/mol. The number of hydrogen-bond donors (Lipinski definition) is 0. The van der Waals surface area contributed by atoms with Crippen molar-refractivity contribution in [2.75, 3.05) is 0 Å². The molecule has 0 amide bonds. The van der Waals surface area contributed by atoms with E-state index in [0.717, 1.165) is 111 Å². The van der Waals surface area contributed by atoms with Crippen LogP contribution in [0.4, 0.5) is 0 Å². The van der Waals surface area contributed by atoms with Crippen LogP contribution in [-0.2, 0) is 0 Å². The van der Waals surface area contributed by atoms with E-state index in [2.05, 4.69) is 138 Å². The fourth-order valence-electron chi connectivity index (χ4n) is 9.17. The predicted octanol–water partition coefficient (Wildman–Crippen LogP) is 11.5. The van der Waals surface area contributed by atoms with Gasteiger partial charge in [0, 0.05) is 49.5 Å². The van der Waals surface area contributed by atoms with Crippen LogP contribution in [0.3, 0.4) is 0 Å². The van der Waals surface area contributed by atoms with Crippen molar-refractivity contribution in [3.05, 3.63) is 158 Å². The van der Waals surface area contributed by atoms with E-state index in [9.17, 15) is 0 Å². The van der Waals surface area contributed by atoms with Gasteiger partial charge in [-0.2, -0.15) is 0 Å². The van der Waals surface area contributed by atoms with E-state index in [0.29, 0.717) is 0 Å². The minimum absolute atomic E-state index is 0.358. The molecule has 0 saturated heterocycles. The lowest BCUT2D eigenvalue weighted by Gasteiger charge is -2.33. The summed E-state index contributed by atoms with van der Waals surface area (Å²) in [6, 6.07) is 55.1. The van der Waals surface area contributed by atoms with Gasteiger partial charge in [0.15, 0.2) is 0 Å². The first kappa shape index (κ1) is 28.4. The average molecular weight is 692 g/mol. The zero-order valence-corrected chi connectivity index (χ0v) is 28.7. The van der Waals surface area contributed by atoms with Gasteiger partial charge in [0.1, 0.15) is 39.6 Å². The number of para-hydroxylation sites is 4. The molecule has 13 rings (SSSR count). The lowest BCUT2D eigenvalue weighted by molar-refractivity contribution is 0.479. The Bertz CT molecular complexity index is 3370. The van der Waals surface area contributed by atoms with Crippen molar-refractivity contribution in [3.63, 3.8) is 0 Å². The molecule has 54 heavy (non-hydrogen) atoms. The Labute approximate surface area is 308 Å². The molecule has 250 valence electrons. The van der Waals surface area contributed by atoms with E-state index >= 15 is 0 Å². The fourth-order valence-corrected chi connectivity index (χ4v) is 9.17. The van der Waals surface area contributed by atoms with Gasteiger partial charge in [-0.1, -0.05) is 97.1 Å². The second kappa shape index (κ2) is 10.2. The maximum absolute atomic E-state index is 6.94. The minimum Gasteiger partial charge on any atom is -0.551 e. The highest BCUT2D eigenvalue weighted by Crippen LogP contribution is 2.45. The molecule has 0 bridgehead atoms. The largest absolute Gasteiger partial charge is 0.551 e. The number of aromatic nitrogens is 1. The first-order valence-electron chi connectivity index (χ1n) is 18.3. The van der Waals surface area contributed by atoms with Gasteiger partial charge >= 0.3 is 6.92 Å². The summed E-state index contributed by atoms with van der Waals surface area (Å²) in [5.74, 6) is 2.44. The van der Waals surface area contributed by atoms with Gasteiger partial charge in [-0.15, -0.1) is 0 Å². The second-order valence-electron chi connectivity index (χ2n) is 14.3. The molecule has 0 radical (unpaired) electrons. The quantitative estimate of drug-likeness (QED) is 0.169. The van der Waals surface area contributed by atoms with Crippen molar-refractivity contribution >= 4 is 83.5 Å². The molecular formula is C48H26BNO4. The second-order valence-corrected chi connectivity index (χ2v) is 14.3. The van der Waals surface area contributed by atoms with Crippen molar-refractivity contribution in [3.8, 4) is 45.2 Å². The molecule has 0 unspecified atom stereocenters. The van der Waals surface area contributed by atoms with Crippen molar-refractivity contribution in [1.82, 2.24) is 4.57 Å². The number of furan rings is 2. The zero-order chi connectivity index (χ0) is 35.1. The van der Waals surface area contributed by atoms with Gasteiger partial charge in [0.05, 0.1) is 22.1 Å². The molecule has 3 aromatic heterocycles. The SMILES string of the molecule is c1ccc2c(c1)OB1c3cc(-c4cccc5oc6ccc7c8ccccc8oc7c6c45)ccc3Oc3cc(-n4c5ccccc5c5ccccc54)cc-2c31. The summed E-state index contributed by atoms with van der Waals surface area (Å²) in [5.41, 5.74) is 13.0. The van der Waals surface area contributed by atoms with Crippen LogP contribution in [0.25, 0.3) is 93.6 Å². The summed E-state index contributed by atoms with van der Waals surface area (Å²) >= 11 is 0. The Kier molecular flexibility index (Phi) is 5.39. The standard InChI is InChI=1S/C48H26BNO4/c1-5-15-37-30(10-1)31-11-2-6-16-38(31)50(37)28-25-35-33-13-4-8-18-40(33)54-49-36-24-27(20-22-41(36)51-44(26-28)47(35)49)29-14-9-19-42-45(29)46-43(52-42)23-21-34-32-12-3-7-17-39(32)53-48(34)46/h1-26H. The molecule has 0 N–H and O–H groups in total. The highest BCUT2D eigenvalue weighted by Gasteiger charge is 2.41. The number of ether oxygens (including phenoxy) is 1. The lowest BCUT2D eigenvalue weighted by atomic mass is 9.50. The van der Waals surface area contributed by atoms with Crippen LogP contribution in [0.1, 0.15) is 0 Å². The van der Waals surface area contributed by atoms with Crippen LogP contribution in [0.5, 0.6) is 17.2 Å². The number of benzene rings is 8. The molecule has 11 aromatic rings. The third-order valence-electron chi connectivity index (χ3n) is 11.5. The molecule has 5 nitrogen and oxygen atoms in total. The highest BCUT2D eigenvalue weighted by molar-refractivity contribution is 6.84. The van der Waals surface area contributed by atoms with Gasteiger partial charge in [0.25, 0.3) is 0 Å². The van der Waals surface area contributed by atoms with Crippen LogP contribution in [0, 0.1) is 0 Å². The molecule has 0 saturated carbocycles. The molecule has 8 aromatic carbocycles. The van der Waals surface area contributed by atoms with Crippen LogP contribution in [0.15, 0.2) is 167 Å². The fraction of sp³-hybridized carbons (Fsp3) is 0. The van der Waals surface area contributed by atoms with Gasteiger partial charge in [-0.25, -0.2) is 0 Å². The monoisotopic (exact) mass is 691 g/mol.